The fraction of sp³-hybridized carbons (Fsp3) is 0.435. The molecule has 4 rings (SSSR count). The predicted octanol–water partition coefficient (Wildman–Crippen LogP) is 3.07. The largest absolute Gasteiger partial charge is 0.507 e. The minimum atomic E-state index is -0.664. The second-order valence-electron chi connectivity index (χ2n) is 8.35. The average Bonchev–Trinajstić information content (AvgIpc) is 2.94. The average molecular weight is 396 g/mol. The molecule has 0 saturated heterocycles. The van der Waals surface area contributed by atoms with Crippen LogP contribution in [0.25, 0.3) is 11.0 Å². The summed E-state index contributed by atoms with van der Waals surface area (Å²) in [5.41, 5.74) is 5.29. The second kappa shape index (κ2) is 7.69. The van der Waals surface area contributed by atoms with Gasteiger partial charge in [-0.1, -0.05) is 24.3 Å². The summed E-state index contributed by atoms with van der Waals surface area (Å²) >= 11 is 0. The van der Waals surface area contributed by atoms with Crippen molar-refractivity contribution in [1.29, 1.82) is 0 Å². The van der Waals surface area contributed by atoms with E-state index in [0.29, 0.717) is 18.7 Å². The lowest BCUT2D eigenvalue weighted by atomic mass is 9.97. The summed E-state index contributed by atoms with van der Waals surface area (Å²) in [6.07, 6.45) is 1.84. The van der Waals surface area contributed by atoms with Gasteiger partial charge in [0.25, 0.3) is 0 Å². The topological polar surface area (TPSA) is 90.3 Å². The number of aryl methyl sites for hydroxylation is 4. The van der Waals surface area contributed by atoms with Crippen molar-refractivity contribution in [3.63, 3.8) is 0 Å². The highest BCUT2D eigenvalue weighted by atomic mass is 16.3. The van der Waals surface area contributed by atoms with E-state index < -0.39 is 6.10 Å². The fourth-order valence-electron chi connectivity index (χ4n) is 4.54. The number of rotatable bonds is 5. The number of phenols is 1. The monoisotopic (exact) mass is 395 g/mol. The van der Waals surface area contributed by atoms with Crippen LogP contribution in [0.4, 0.5) is 0 Å². The van der Waals surface area contributed by atoms with Gasteiger partial charge in [0.2, 0.25) is 0 Å². The summed E-state index contributed by atoms with van der Waals surface area (Å²) in [6.45, 7) is 6.55. The number of aromatic amines is 1. The van der Waals surface area contributed by atoms with Crippen LogP contribution < -0.4 is 11.0 Å². The lowest BCUT2D eigenvalue weighted by Gasteiger charge is -2.26. The van der Waals surface area contributed by atoms with Crippen molar-refractivity contribution in [1.82, 2.24) is 14.9 Å². The third kappa shape index (κ3) is 3.70. The van der Waals surface area contributed by atoms with Gasteiger partial charge in [0.05, 0.1) is 17.1 Å². The zero-order chi connectivity index (χ0) is 20.7. The quantitative estimate of drug-likeness (QED) is 0.534. The molecule has 4 N–H and O–H groups in total. The van der Waals surface area contributed by atoms with Crippen molar-refractivity contribution in [2.75, 3.05) is 0 Å². The Kier molecular flexibility index (Phi) is 5.23. The standard InChI is InChI=1S/C23H29N3O3/c1-13-11-16(12-14(2)21(13)27)8-7-15(3)24-19-9-10-26-20-17(22(19)28)5-4-6-18(20)25-23(26)29/h4-6,11-12,15,19,22,24,27-28H,7-10H2,1-3H3,(H,25,29). The number of aliphatic hydroxyl groups is 1. The summed E-state index contributed by atoms with van der Waals surface area (Å²) in [6, 6.07) is 9.83. The summed E-state index contributed by atoms with van der Waals surface area (Å²) in [5.74, 6) is 0.370. The molecule has 2 aromatic carbocycles. The van der Waals surface area contributed by atoms with E-state index in [2.05, 4.69) is 17.2 Å². The maximum atomic E-state index is 12.3. The van der Waals surface area contributed by atoms with Crippen molar-refractivity contribution in [3.8, 4) is 5.75 Å². The molecular formula is C23H29N3O3. The van der Waals surface area contributed by atoms with E-state index in [-0.39, 0.29) is 17.8 Å². The van der Waals surface area contributed by atoms with E-state index in [1.54, 1.807) is 4.57 Å². The maximum Gasteiger partial charge on any atom is 0.326 e. The predicted molar refractivity (Wildman–Crippen MR) is 114 cm³/mol. The van der Waals surface area contributed by atoms with Gasteiger partial charge in [-0.15, -0.1) is 0 Å². The van der Waals surface area contributed by atoms with Crippen LogP contribution in [0.2, 0.25) is 0 Å². The molecule has 6 heteroatoms. The molecule has 3 atom stereocenters. The van der Waals surface area contributed by atoms with E-state index >= 15 is 0 Å². The van der Waals surface area contributed by atoms with Crippen LogP contribution in [-0.2, 0) is 13.0 Å². The first-order valence-electron chi connectivity index (χ1n) is 10.3. The Labute approximate surface area is 170 Å². The Hall–Kier alpha value is -2.57. The van der Waals surface area contributed by atoms with E-state index in [4.69, 9.17) is 0 Å². The molecule has 0 radical (unpaired) electrons. The smallest absolute Gasteiger partial charge is 0.326 e. The molecule has 0 fully saturated rings. The van der Waals surface area contributed by atoms with Crippen LogP contribution in [0.1, 0.15) is 48.1 Å². The first kappa shape index (κ1) is 19.7. The van der Waals surface area contributed by atoms with Crippen molar-refractivity contribution in [2.45, 2.75) is 64.8 Å². The van der Waals surface area contributed by atoms with Crippen LogP contribution in [-0.4, -0.2) is 31.8 Å². The summed E-state index contributed by atoms with van der Waals surface area (Å²) < 4.78 is 1.74. The first-order chi connectivity index (χ1) is 13.8. The fourth-order valence-corrected chi connectivity index (χ4v) is 4.54. The molecule has 0 aliphatic carbocycles. The molecule has 0 bridgehead atoms. The molecule has 1 aromatic heterocycles. The minimum Gasteiger partial charge on any atom is -0.507 e. The summed E-state index contributed by atoms with van der Waals surface area (Å²) in [7, 11) is 0. The highest BCUT2D eigenvalue weighted by molar-refractivity contribution is 5.79. The Morgan fingerprint density at radius 1 is 1.28 bits per heavy atom. The number of nitrogens with one attached hydrogen (secondary N) is 2. The Balaban J connectivity index is 1.46. The molecule has 154 valence electrons. The van der Waals surface area contributed by atoms with Crippen molar-refractivity contribution >= 4 is 11.0 Å². The number of hydrogen-bond donors (Lipinski definition) is 4. The number of aromatic nitrogens is 2. The number of aliphatic hydroxyl groups excluding tert-OH is 1. The number of aromatic hydroxyl groups is 1. The van der Waals surface area contributed by atoms with E-state index in [0.717, 1.165) is 40.6 Å². The third-order valence-electron chi connectivity index (χ3n) is 6.10. The number of hydrogen-bond acceptors (Lipinski definition) is 4. The molecule has 6 nitrogen and oxygen atoms in total. The van der Waals surface area contributed by atoms with Gasteiger partial charge < -0.3 is 20.5 Å². The number of H-pyrrole nitrogens is 1. The van der Waals surface area contributed by atoms with E-state index in [9.17, 15) is 15.0 Å². The zero-order valence-electron chi connectivity index (χ0n) is 17.2. The summed E-state index contributed by atoms with van der Waals surface area (Å²) in [5, 5.41) is 24.6. The molecule has 0 spiro atoms. The molecule has 29 heavy (non-hydrogen) atoms. The van der Waals surface area contributed by atoms with Crippen LogP contribution in [0.5, 0.6) is 5.75 Å². The number of benzene rings is 2. The molecule has 3 aromatic rings. The molecule has 2 heterocycles. The number of imidazole rings is 1. The number of nitrogens with zero attached hydrogens (tertiary/aromatic N) is 1. The molecule has 1 aliphatic rings. The minimum absolute atomic E-state index is 0.113. The Bertz CT molecular complexity index is 1080. The second-order valence-corrected chi connectivity index (χ2v) is 8.35. The van der Waals surface area contributed by atoms with Crippen LogP contribution in [0.15, 0.2) is 35.1 Å². The SMILES string of the molecule is Cc1cc(CCC(C)NC2CCn3c(=O)[nH]c4cccc(c43)C2O)cc(C)c1O. The van der Waals surface area contributed by atoms with Crippen molar-refractivity contribution in [2.24, 2.45) is 0 Å². The molecular weight excluding hydrogens is 366 g/mol. The summed E-state index contributed by atoms with van der Waals surface area (Å²) in [4.78, 5) is 15.1. The van der Waals surface area contributed by atoms with E-state index in [1.807, 2.05) is 44.2 Å². The first-order valence-corrected chi connectivity index (χ1v) is 10.3. The maximum absolute atomic E-state index is 12.3. The van der Waals surface area contributed by atoms with Crippen molar-refractivity contribution < 1.29 is 10.2 Å². The Morgan fingerprint density at radius 3 is 2.72 bits per heavy atom. The van der Waals surface area contributed by atoms with Gasteiger partial charge in [-0.3, -0.25) is 4.57 Å². The van der Waals surface area contributed by atoms with E-state index in [1.165, 1.54) is 5.56 Å². The van der Waals surface area contributed by atoms with Gasteiger partial charge in [0, 0.05) is 24.2 Å². The molecule has 0 amide bonds. The molecule has 3 unspecified atom stereocenters. The van der Waals surface area contributed by atoms with Gasteiger partial charge in [0.15, 0.2) is 0 Å². The van der Waals surface area contributed by atoms with Crippen LogP contribution >= 0.6 is 0 Å². The Morgan fingerprint density at radius 2 is 2.00 bits per heavy atom. The van der Waals surface area contributed by atoms with Crippen molar-refractivity contribution in [3.05, 3.63) is 63.1 Å². The van der Waals surface area contributed by atoms with Crippen LogP contribution in [0, 0.1) is 13.8 Å². The van der Waals surface area contributed by atoms with Gasteiger partial charge in [-0.25, -0.2) is 4.79 Å². The van der Waals surface area contributed by atoms with Gasteiger partial charge >= 0.3 is 5.69 Å². The lowest BCUT2D eigenvalue weighted by molar-refractivity contribution is 0.119. The number of phenolic OH excluding ortho intramolecular Hbond substituents is 1. The molecule has 0 saturated carbocycles. The zero-order valence-corrected chi connectivity index (χ0v) is 17.2. The highest BCUT2D eigenvalue weighted by Crippen LogP contribution is 2.30. The van der Waals surface area contributed by atoms with Gasteiger partial charge in [-0.2, -0.15) is 0 Å². The highest BCUT2D eigenvalue weighted by Gasteiger charge is 2.29. The lowest BCUT2D eigenvalue weighted by Crippen LogP contribution is -2.41. The number of para-hydroxylation sites is 1. The normalized spacial score (nSPS) is 20.0. The van der Waals surface area contributed by atoms with Crippen LogP contribution in [0.3, 0.4) is 0 Å². The van der Waals surface area contributed by atoms with Gasteiger partial charge in [-0.05, 0) is 62.8 Å². The third-order valence-corrected chi connectivity index (χ3v) is 6.10. The van der Waals surface area contributed by atoms with Gasteiger partial charge in [0.1, 0.15) is 5.75 Å². The molecule has 1 aliphatic heterocycles.